The number of amides is 1. The highest BCUT2D eigenvalue weighted by Crippen LogP contribution is 2.14. The molecule has 1 amide bonds. The van der Waals surface area contributed by atoms with E-state index in [0.29, 0.717) is 17.3 Å². The van der Waals surface area contributed by atoms with Gasteiger partial charge in [-0.3, -0.25) is 4.79 Å². The molecular formula is C17H19ClN2O. The van der Waals surface area contributed by atoms with Crippen molar-refractivity contribution in [2.24, 2.45) is 0 Å². The first-order chi connectivity index (χ1) is 10.1. The highest BCUT2D eigenvalue weighted by atomic mass is 35.5. The normalized spacial score (nSPS) is 10.4. The van der Waals surface area contributed by atoms with Gasteiger partial charge in [-0.1, -0.05) is 41.9 Å². The number of aryl methyl sites for hydroxylation is 1. The van der Waals surface area contributed by atoms with Gasteiger partial charge in [0.15, 0.2) is 0 Å². The van der Waals surface area contributed by atoms with Gasteiger partial charge in [0.25, 0.3) is 0 Å². The summed E-state index contributed by atoms with van der Waals surface area (Å²) in [4.78, 5) is 11.8. The van der Waals surface area contributed by atoms with E-state index in [1.54, 1.807) is 12.1 Å². The topological polar surface area (TPSA) is 41.1 Å². The van der Waals surface area contributed by atoms with Crippen LogP contribution in [0.15, 0.2) is 48.5 Å². The van der Waals surface area contributed by atoms with Crippen LogP contribution in [0.1, 0.15) is 11.1 Å². The van der Waals surface area contributed by atoms with E-state index in [1.807, 2.05) is 24.3 Å². The summed E-state index contributed by atoms with van der Waals surface area (Å²) in [5.74, 6) is -0.0675. The smallest absolute Gasteiger partial charge is 0.238 e. The number of hydrogen-bond donors (Lipinski definition) is 2. The van der Waals surface area contributed by atoms with Crippen LogP contribution >= 0.6 is 11.6 Å². The molecule has 110 valence electrons. The number of hydrogen-bond acceptors (Lipinski definition) is 2. The fourth-order valence-corrected chi connectivity index (χ4v) is 2.28. The number of carbonyl (C=O) groups is 1. The predicted octanol–water partition coefficient (Wildman–Crippen LogP) is 3.42. The van der Waals surface area contributed by atoms with E-state index >= 15 is 0 Å². The Hall–Kier alpha value is -1.84. The summed E-state index contributed by atoms with van der Waals surface area (Å²) in [5, 5.41) is 6.57. The van der Waals surface area contributed by atoms with Gasteiger partial charge in [0.05, 0.1) is 6.54 Å². The molecule has 2 rings (SSSR count). The first-order valence-corrected chi connectivity index (χ1v) is 7.33. The summed E-state index contributed by atoms with van der Waals surface area (Å²) >= 11 is 5.87. The molecule has 3 nitrogen and oxygen atoms in total. The maximum atomic E-state index is 11.8. The molecule has 0 unspecified atom stereocenters. The van der Waals surface area contributed by atoms with Gasteiger partial charge in [0.1, 0.15) is 0 Å². The van der Waals surface area contributed by atoms with Gasteiger partial charge < -0.3 is 10.6 Å². The van der Waals surface area contributed by atoms with Gasteiger partial charge in [0, 0.05) is 10.7 Å². The average Bonchev–Trinajstić information content (AvgIpc) is 2.45. The van der Waals surface area contributed by atoms with Crippen molar-refractivity contribution in [3.05, 3.63) is 64.7 Å². The molecule has 0 fully saturated rings. The number of nitrogens with one attached hydrogen (secondary N) is 2. The summed E-state index contributed by atoms with van der Waals surface area (Å²) < 4.78 is 0. The monoisotopic (exact) mass is 302 g/mol. The van der Waals surface area contributed by atoms with Gasteiger partial charge in [-0.15, -0.1) is 0 Å². The summed E-state index contributed by atoms with van der Waals surface area (Å²) in [6.07, 6.45) is 0.914. The molecule has 0 aliphatic heterocycles. The first kappa shape index (κ1) is 15.5. The maximum absolute atomic E-state index is 11.8. The highest BCUT2D eigenvalue weighted by molar-refractivity contribution is 6.30. The van der Waals surface area contributed by atoms with Crippen LogP contribution in [-0.2, 0) is 11.2 Å². The second-order valence-corrected chi connectivity index (χ2v) is 5.35. The fourth-order valence-electron chi connectivity index (χ4n) is 2.09. The number of halogens is 1. The molecule has 0 saturated heterocycles. The summed E-state index contributed by atoms with van der Waals surface area (Å²) in [6, 6.07) is 15.4. The zero-order valence-corrected chi connectivity index (χ0v) is 12.8. The molecule has 0 heterocycles. The fraction of sp³-hybridized carbons (Fsp3) is 0.235. The third-order valence-electron chi connectivity index (χ3n) is 3.23. The van der Waals surface area contributed by atoms with Gasteiger partial charge in [-0.2, -0.15) is 0 Å². The minimum absolute atomic E-state index is 0.0675. The molecule has 21 heavy (non-hydrogen) atoms. The second kappa shape index (κ2) is 7.81. The van der Waals surface area contributed by atoms with Crippen molar-refractivity contribution < 1.29 is 4.79 Å². The van der Waals surface area contributed by atoms with Crippen LogP contribution in [0.25, 0.3) is 0 Å². The third-order valence-corrected chi connectivity index (χ3v) is 3.46. The van der Waals surface area contributed by atoms with Crippen LogP contribution < -0.4 is 10.6 Å². The quantitative estimate of drug-likeness (QED) is 0.803. The van der Waals surface area contributed by atoms with E-state index in [4.69, 9.17) is 11.6 Å². The van der Waals surface area contributed by atoms with E-state index in [0.717, 1.165) is 13.0 Å². The highest BCUT2D eigenvalue weighted by Gasteiger charge is 2.02. The predicted molar refractivity (Wildman–Crippen MR) is 87.8 cm³/mol. The van der Waals surface area contributed by atoms with E-state index in [1.165, 1.54) is 11.1 Å². The minimum Gasteiger partial charge on any atom is -0.325 e. The number of carbonyl (C=O) groups excluding carboxylic acids is 1. The molecule has 0 aliphatic carbocycles. The SMILES string of the molecule is Cc1ccccc1CCNCC(=O)Nc1cccc(Cl)c1. The van der Waals surface area contributed by atoms with Gasteiger partial charge in [-0.05, 0) is 49.2 Å². The lowest BCUT2D eigenvalue weighted by Gasteiger charge is -2.08. The molecule has 4 heteroatoms. The van der Waals surface area contributed by atoms with Crippen molar-refractivity contribution in [1.29, 1.82) is 0 Å². The van der Waals surface area contributed by atoms with Gasteiger partial charge in [0.2, 0.25) is 5.91 Å². The van der Waals surface area contributed by atoms with Crippen molar-refractivity contribution >= 4 is 23.2 Å². The van der Waals surface area contributed by atoms with Gasteiger partial charge in [-0.25, -0.2) is 0 Å². The first-order valence-electron chi connectivity index (χ1n) is 6.96. The Morgan fingerprint density at radius 3 is 2.71 bits per heavy atom. The Kier molecular flexibility index (Phi) is 5.78. The molecule has 0 radical (unpaired) electrons. The van der Waals surface area contributed by atoms with Gasteiger partial charge >= 0.3 is 0 Å². The maximum Gasteiger partial charge on any atom is 0.238 e. The van der Waals surface area contributed by atoms with Crippen LogP contribution in [0, 0.1) is 6.92 Å². The zero-order chi connectivity index (χ0) is 15.1. The minimum atomic E-state index is -0.0675. The van der Waals surface area contributed by atoms with Crippen LogP contribution in [0.5, 0.6) is 0 Å². The van der Waals surface area contributed by atoms with Crippen molar-refractivity contribution in [3.8, 4) is 0 Å². The standard InChI is InChI=1S/C17H19ClN2O/c1-13-5-2-3-6-14(13)9-10-19-12-17(21)20-16-8-4-7-15(18)11-16/h2-8,11,19H,9-10,12H2,1H3,(H,20,21). The largest absolute Gasteiger partial charge is 0.325 e. The van der Waals surface area contributed by atoms with E-state index in [2.05, 4.69) is 29.7 Å². The Morgan fingerprint density at radius 2 is 1.95 bits per heavy atom. The summed E-state index contributed by atoms with van der Waals surface area (Å²) in [7, 11) is 0. The van der Waals surface area contributed by atoms with E-state index in [9.17, 15) is 4.79 Å². The lowest BCUT2D eigenvalue weighted by atomic mass is 10.1. The molecule has 0 bridgehead atoms. The third kappa shape index (κ3) is 5.21. The molecule has 0 atom stereocenters. The van der Waals surface area contributed by atoms with Crippen LogP contribution in [0.3, 0.4) is 0 Å². The zero-order valence-electron chi connectivity index (χ0n) is 12.0. The van der Waals surface area contributed by atoms with E-state index < -0.39 is 0 Å². The lowest BCUT2D eigenvalue weighted by molar-refractivity contribution is -0.115. The molecule has 0 saturated carbocycles. The molecule has 0 spiro atoms. The molecule has 0 aromatic heterocycles. The Balaban J connectivity index is 1.71. The van der Waals surface area contributed by atoms with Crippen LogP contribution in [0.4, 0.5) is 5.69 Å². The van der Waals surface area contributed by atoms with Crippen molar-refractivity contribution in [1.82, 2.24) is 5.32 Å². The van der Waals surface area contributed by atoms with Crippen molar-refractivity contribution in [3.63, 3.8) is 0 Å². The van der Waals surface area contributed by atoms with Crippen molar-refractivity contribution in [2.45, 2.75) is 13.3 Å². The molecule has 2 aromatic rings. The van der Waals surface area contributed by atoms with Crippen molar-refractivity contribution in [2.75, 3.05) is 18.4 Å². The van der Waals surface area contributed by atoms with E-state index in [-0.39, 0.29) is 5.91 Å². The van der Waals surface area contributed by atoms with Crippen LogP contribution in [0.2, 0.25) is 5.02 Å². The molecular weight excluding hydrogens is 284 g/mol. The van der Waals surface area contributed by atoms with Crippen LogP contribution in [-0.4, -0.2) is 19.0 Å². The second-order valence-electron chi connectivity index (χ2n) is 4.91. The number of benzene rings is 2. The number of anilines is 1. The summed E-state index contributed by atoms with van der Waals surface area (Å²) in [5.41, 5.74) is 3.30. The lowest BCUT2D eigenvalue weighted by Crippen LogP contribution is -2.29. The molecule has 2 N–H and O–H groups in total. The molecule has 2 aromatic carbocycles. The Bertz CT molecular complexity index is 613. The molecule has 0 aliphatic rings. The Labute approximate surface area is 130 Å². The average molecular weight is 303 g/mol. The Morgan fingerprint density at radius 1 is 1.14 bits per heavy atom. The number of rotatable bonds is 6. The summed E-state index contributed by atoms with van der Waals surface area (Å²) in [6.45, 7) is 3.16.